The molecule has 20 heavy (non-hydrogen) atoms. The topological polar surface area (TPSA) is 72.2 Å². The minimum atomic E-state index is -0.571. The van der Waals surface area contributed by atoms with Crippen molar-refractivity contribution in [3.8, 4) is 0 Å². The summed E-state index contributed by atoms with van der Waals surface area (Å²) < 4.78 is 0. The van der Waals surface area contributed by atoms with Crippen LogP contribution in [-0.4, -0.2) is 11.8 Å². The summed E-state index contributed by atoms with van der Waals surface area (Å²) in [4.78, 5) is 23.2. The fourth-order valence-electron chi connectivity index (χ4n) is 1.69. The van der Waals surface area contributed by atoms with Gasteiger partial charge < -0.3 is 11.1 Å². The van der Waals surface area contributed by atoms with E-state index in [0.717, 1.165) is 5.56 Å². The Bertz CT molecular complexity index is 683. The van der Waals surface area contributed by atoms with Gasteiger partial charge in [-0.05, 0) is 42.8 Å². The molecule has 0 bridgehead atoms. The van der Waals surface area contributed by atoms with E-state index >= 15 is 0 Å². The molecule has 3 N–H and O–H groups in total. The number of primary amides is 1. The lowest BCUT2D eigenvalue weighted by atomic mass is 10.1. The average Bonchev–Trinajstić information content (AvgIpc) is 2.43. The van der Waals surface area contributed by atoms with Crippen molar-refractivity contribution in [3.05, 3.63) is 64.2 Å². The zero-order valence-electron chi connectivity index (χ0n) is 10.8. The van der Waals surface area contributed by atoms with E-state index in [2.05, 4.69) is 5.32 Å². The van der Waals surface area contributed by atoms with Crippen molar-refractivity contribution >= 4 is 29.1 Å². The van der Waals surface area contributed by atoms with E-state index in [4.69, 9.17) is 17.3 Å². The molecule has 0 fully saturated rings. The van der Waals surface area contributed by atoms with Crippen LogP contribution in [0.15, 0.2) is 42.5 Å². The zero-order chi connectivity index (χ0) is 14.7. The number of hydrogen-bond acceptors (Lipinski definition) is 2. The smallest absolute Gasteiger partial charge is 0.255 e. The zero-order valence-corrected chi connectivity index (χ0v) is 11.6. The number of benzene rings is 2. The first kappa shape index (κ1) is 14.1. The van der Waals surface area contributed by atoms with Gasteiger partial charge in [-0.2, -0.15) is 0 Å². The monoisotopic (exact) mass is 288 g/mol. The molecule has 2 aromatic carbocycles. The highest BCUT2D eigenvalue weighted by molar-refractivity contribution is 6.31. The summed E-state index contributed by atoms with van der Waals surface area (Å²) in [5.41, 5.74) is 7.36. The number of anilines is 1. The molecule has 0 aliphatic heterocycles. The number of carbonyl (C=O) groups excluding carboxylic acids is 2. The Balaban J connectivity index is 2.21. The summed E-state index contributed by atoms with van der Waals surface area (Å²) in [6, 6.07) is 11.5. The summed E-state index contributed by atoms with van der Waals surface area (Å²) >= 11 is 6.00. The second-order valence-corrected chi connectivity index (χ2v) is 4.77. The van der Waals surface area contributed by atoms with Crippen LogP contribution in [0, 0.1) is 6.92 Å². The van der Waals surface area contributed by atoms with Crippen LogP contribution in [0.3, 0.4) is 0 Å². The lowest BCUT2D eigenvalue weighted by molar-refractivity contribution is 0.1000. The molecule has 4 nitrogen and oxygen atoms in total. The number of carbonyl (C=O) groups is 2. The van der Waals surface area contributed by atoms with Crippen LogP contribution in [0.5, 0.6) is 0 Å². The molecule has 0 atom stereocenters. The van der Waals surface area contributed by atoms with E-state index in [1.54, 1.807) is 30.3 Å². The van der Waals surface area contributed by atoms with Gasteiger partial charge in [0.15, 0.2) is 0 Å². The van der Waals surface area contributed by atoms with Crippen molar-refractivity contribution in [2.24, 2.45) is 5.73 Å². The lowest BCUT2D eigenvalue weighted by Crippen LogP contribution is -2.15. The minimum absolute atomic E-state index is 0.291. The summed E-state index contributed by atoms with van der Waals surface area (Å²) in [5.74, 6) is -0.897. The normalized spacial score (nSPS) is 10.1. The highest BCUT2D eigenvalue weighted by Crippen LogP contribution is 2.20. The molecule has 102 valence electrons. The van der Waals surface area contributed by atoms with E-state index in [1.807, 2.05) is 13.0 Å². The highest BCUT2D eigenvalue weighted by Gasteiger charge is 2.09. The van der Waals surface area contributed by atoms with E-state index in [0.29, 0.717) is 21.8 Å². The molecule has 0 aromatic heterocycles. The Kier molecular flexibility index (Phi) is 4.05. The van der Waals surface area contributed by atoms with Crippen LogP contribution < -0.4 is 11.1 Å². The van der Waals surface area contributed by atoms with Gasteiger partial charge in [0, 0.05) is 21.8 Å². The number of nitrogens with one attached hydrogen (secondary N) is 1. The predicted octanol–water partition coefficient (Wildman–Crippen LogP) is 3.00. The first-order valence-electron chi connectivity index (χ1n) is 5.95. The van der Waals surface area contributed by atoms with E-state index in [1.165, 1.54) is 6.07 Å². The molecule has 2 amide bonds. The Morgan fingerprint density at radius 3 is 2.45 bits per heavy atom. The van der Waals surface area contributed by atoms with Gasteiger partial charge in [-0.1, -0.05) is 23.7 Å². The van der Waals surface area contributed by atoms with Crippen molar-refractivity contribution in [1.82, 2.24) is 0 Å². The fraction of sp³-hybridized carbons (Fsp3) is 0.0667. The number of aryl methyl sites for hydroxylation is 1. The predicted molar refractivity (Wildman–Crippen MR) is 79.1 cm³/mol. The first-order chi connectivity index (χ1) is 9.47. The van der Waals surface area contributed by atoms with Crippen LogP contribution in [0.2, 0.25) is 5.02 Å². The molecule has 0 aliphatic rings. The second-order valence-electron chi connectivity index (χ2n) is 4.36. The minimum Gasteiger partial charge on any atom is -0.366 e. The van der Waals surface area contributed by atoms with Crippen molar-refractivity contribution in [3.63, 3.8) is 0 Å². The van der Waals surface area contributed by atoms with E-state index in [9.17, 15) is 9.59 Å². The van der Waals surface area contributed by atoms with Gasteiger partial charge in [0.2, 0.25) is 5.91 Å². The molecule has 2 rings (SSSR count). The van der Waals surface area contributed by atoms with Gasteiger partial charge in [0.25, 0.3) is 5.91 Å². The van der Waals surface area contributed by atoms with E-state index < -0.39 is 5.91 Å². The lowest BCUT2D eigenvalue weighted by Gasteiger charge is -2.07. The molecule has 0 radical (unpaired) electrons. The van der Waals surface area contributed by atoms with Crippen LogP contribution in [0.4, 0.5) is 5.69 Å². The molecule has 5 heteroatoms. The number of amides is 2. The van der Waals surface area contributed by atoms with Crippen molar-refractivity contribution in [2.45, 2.75) is 6.92 Å². The molecular weight excluding hydrogens is 276 g/mol. The number of rotatable bonds is 3. The molecular formula is C15H13ClN2O2. The van der Waals surface area contributed by atoms with Crippen LogP contribution in [-0.2, 0) is 0 Å². The Morgan fingerprint density at radius 2 is 1.80 bits per heavy atom. The summed E-state index contributed by atoms with van der Waals surface area (Å²) in [5, 5.41) is 3.29. The number of nitrogens with two attached hydrogens (primary N) is 1. The van der Waals surface area contributed by atoms with Gasteiger partial charge in [-0.25, -0.2) is 0 Å². The van der Waals surface area contributed by atoms with Crippen LogP contribution in [0.1, 0.15) is 26.3 Å². The average molecular weight is 289 g/mol. The SMILES string of the molecule is Cc1ccc(NC(=O)c2cccc(C(N)=O)c2)cc1Cl. The van der Waals surface area contributed by atoms with Crippen LogP contribution >= 0.6 is 11.6 Å². The molecule has 2 aromatic rings. The standard InChI is InChI=1S/C15H13ClN2O2/c1-9-5-6-12(8-13(9)16)18-15(20)11-4-2-3-10(7-11)14(17)19/h2-8H,1H3,(H2,17,19)(H,18,20). The van der Waals surface area contributed by atoms with Crippen LogP contribution in [0.25, 0.3) is 0 Å². The van der Waals surface area contributed by atoms with Gasteiger partial charge in [-0.3, -0.25) is 9.59 Å². The number of halogens is 1. The van der Waals surface area contributed by atoms with Gasteiger partial charge >= 0.3 is 0 Å². The number of hydrogen-bond donors (Lipinski definition) is 2. The third-order valence-electron chi connectivity index (χ3n) is 2.84. The summed E-state index contributed by atoms with van der Waals surface area (Å²) in [7, 11) is 0. The first-order valence-corrected chi connectivity index (χ1v) is 6.32. The molecule has 0 saturated heterocycles. The third-order valence-corrected chi connectivity index (χ3v) is 3.25. The maximum Gasteiger partial charge on any atom is 0.255 e. The quantitative estimate of drug-likeness (QED) is 0.911. The van der Waals surface area contributed by atoms with Gasteiger partial charge in [0.05, 0.1) is 0 Å². The Labute approximate surface area is 121 Å². The summed E-state index contributed by atoms with van der Waals surface area (Å²) in [6.45, 7) is 1.88. The largest absolute Gasteiger partial charge is 0.366 e. The maximum atomic E-state index is 12.1. The Morgan fingerprint density at radius 1 is 1.10 bits per heavy atom. The summed E-state index contributed by atoms with van der Waals surface area (Å²) in [6.07, 6.45) is 0. The molecule has 0 aliphatic carbocycles. The second kappa shape index (κ2) is 5.75. The van der Waals surface area contributed by atoms with Crippen molar-refractivity contribution < 1.29 is 9.59 Å². The maximum absolute atomic E-state index is 12.1. The van der Waals surface area contributed by atoms with E-state index in [-0.39, 0.29) is 5.91 Å². The molecule has 0 saturated carbocycles. The Hall–Kier alpha value is -2.33. The molecule has 0 heterocycles. The fourth-order valence-corrected chi connectivity index (χ4v) is 1.87. The van der Waals surface area contributed by atoms with Gasteiger partial charge in [0.1, 0.15) is 0 Å². The molecule has 0 spiro atoms. The molecule has 0 unspecified atom stereocenters. The third kappa shape index (κ3) is 3.16. The van der Waals surface area contributed by atoms with Gasteiger partial charge in [-0.15, -0.1) is 0 Å². The van der Waals surface area contributed by atoms with Crippen molar-refractivity contribution in [2.75, 3.05) is 5.32 Å². The highest BCUT2D eigenvalue weighted by atomic mass is 35.5. The van der Waals surface area contributed by atoms with Crippen molar-refractivity contribution in [1.29, 1.82) is 0 Å².